The molecule has 2 aliphatic rings. The molecule has 28 heavy (non-hydrogen) atoms. The second-order valence-electron chi connectivity index (χ2n) is 7.85. The largest absolute Gasteiger partial charge is 0.341 e. The van der Waals surface area contributed by atoms with Crippen molar-refractivity contribution in [1.82, 2.24) is 14.7 Å². The first kappa shape index (κ1) is 20.2. The van der Waals surface area contributed by atoms with E-state index >= 15 is 0 Å². The van der Waals surface area contributed by atoms with E-state index in [4.69, 9.17) is 0 Å². The van der Waals surface area contributed by atoms with Gasteiger partial charge in [-0.15, -0.1) is 0 Å². The number of nitrogens with zero attached hydrogens (tertiary/aromatic N) is 3. The van der Waals surface area contributed by atoms with E-state index in [-0.39, 0.29) is 17.8 Å². The lowest BCUT2D eigenvalue weighted by atomic mass is 9.99. The van der Waals surface area contributed by atoms with Crippen molar-refractivity contribution < 1.29 is 14.4 Å². The molecule has 152 valence electrons. The molecule has 7 heteroatoms. The van der Waals surface area contributed by atoms with Crippen molar-refractivity contribution in [2.24, 2.45) is 5.92 Å². The van der Waals surface area contributed by atoms with Crippen LogP contribution >= 0.6 is 0 Å². The Labute approximate surface area is 166 Å². The molecule has 3 rings (SSSR count). The Morgan fingerprint density at radius 3 is 2.21 bits per heavy atom. The van der Waals surface area contributed by atoms with Gasteiger partial charge in [0.25, 0.3) is 5.91 Å². The number of anilines is 1. The Hall–Kier alpha value is -2.57. The maximum Gasteiger partial charge on any atom is 0.321 e. The average molecular weight is 386 g/mol. The van der Waals surface area contributed by atoms with Crippen LogP contribution in [-0.4, -0.2) is 71.8 Å². The van der Waals surface area contributed by atoms with Crippen molar-refractivity contribution in [3.05, 3.63) is 29.8 Å². The molecule has 2 aliphatic heterocycles. The molecular weight excluding hydrogens is 356 g/mol. The van der Waals surface area contributed by atoms with Crippen LogP contribution in [0.3, 0.4) is 0 Å². The van der Waals surface area contributed by atoms with Crippen LogP contribution in [0.2, 0.25) is 0 Å². The van der Waals surface area contributed by atoms with E-state index in [1.54, 1.807) is 41.0 Å². The summed E-state index contributed by atoms with van der Waals surface area (Å²) in [6, 6.07) is 6.93. The Balaban J connectivity index is 1.55. The molecule has 2 fully saturated rings. The topological polar surface area (TPSA) is 73.0 Å². The van der Waals surface area contributed by atoms with E-state index in [1.165, 1.54) is 6.42 Å². The molecule has 0 bridgehead atoms. The van der Waals surface area contributed by atoms with Crippen molar-refractivity contribution in [2.75, 3.05) is 44.6 Å². The Kier molecular flexibility index (Phi) is 6.54. The summed E-state index contributed by atoms with van der Waals surface area (Å²) in [6.45, 7) is 7.75. The summed E-state index contributed by atoms with van der Waals surface area (Å²) in [6.07, 6.45) is 3.00. The van der Waals surface area contributed by atoms with Gasteiger partial charge in [-0.1, -0.05) is 6.92 Å². The SMILES string of the molecule is CC(=O)N1CCCN(C(=O)Nc2ccc(C(=O)N3CCCC(C)C3)cc2)CC1. The van der Waals surface area contributed by atoms with Gasteiger partial charge < -0.3 is 20.0 Å². The zero-order chi connectivity index (χ0) is 20.1. The van der Waals surface area contributed by atoms with Gasteiger partial charge in [0, 0.05) is 57.4 Å². The molecule has 0 aliphatic carbocycles. The molecule has 1 unspecified atom stereocenters. The number of piperidine rings is 1. The highest BCUT2D eigenvalue weighted by Crippen LogP contribution is 2.19. The maximum atomic E-state index is 12.6. The quantitative estimate of drug-likeness (QED) is 0.849. The Bertz CT molecular complexity index is 719. The number of urea groups is 1. The third-order valence-corrected chi connectivity index (χ3v) is 5.56. The number of carbonyl (C=O) groups is 3. The van der Waals surface area contributed by atoms with Gasteiger partial charge >= 0.3 is 6.03 Å². The molecule has 2 saturated heterocycles. The monoisotopic (exact) mass is 386 g/mol. The van der Waals surface area contributed by atoms with Gasteiger partial charge in [-0.05, 0) is 49.4 Å². The molecule has 0 spiro atoms. The minimum atomic E-state index is -0.172. The lowest BCUT2D eigenvalue weighted by Crippen LogP contribution is -2.39. The van der Waals surface area contributed by atoms with E-state index in [0.717, 1.165) is 25.9 Å². The van der Waals surface area contributed by atoms with Crippen LogP contribution in [0.15, 0.2) is 24.3 Å². The van der Waals surface area contributed by atoms with E-state index in [1.807, 2.05) is 4.90 Å². The Morgan fingerprint density at radius 2 is 1.54 bits per heavy atom. The van der Waals surface area contributed by atoms with Crippen molar-refractivity contribution in [3.63, 3.8) is 0 Å². The molecule has 1 N–H and O–H groups in total. The van der Waals surface area contributed by atoms with Gasteiger partial charge in [0.2, 0.25) is 5.91 Å². The molecule has 0 aromatic heterocycles. The Morgan fingerprint density at radius 1 is 0.893 bits per heavy atom. The summed E-state index contributed by atoms with van der Waals surface area (Å²) in [5.74, 6) is 0.649. The number of carbonyl (C=O) groups excluding carboxylic acids is 3. The summed E-state index contributed by atoms with van der Waals surface area (Å²) in [4.78, 5) is 42.1. The first-order chi connectivity index (χ1) is 13.4. The minimum absolute atomic E-state index is 0.0469. The first-order valence-electron chi connectivity index (χ1n) is 10.1. The van der Waals surface area contributed by atoms with Gasteiger partial charge in [0.05, 0.1) is 0 Å². The van der Waals surface area contributed by atoms with Gasteiger partial charge in [0.15, 0.2) is 0 Å². The molecule has 2 heterocycles. The lowest BCUT2D eigenvalue weighted by Gasteiger charge is -2.31. The summed E-state index contributed by atoms with van der Waals surface area (Å²) < 4.78 is 0. The fourth-order valence-corrected chi connectivity index (χ4v) is 3.89. The van der Waals surface area contributed by atoms with Crippen molar-refractivity contribution in [2.45, 2.75) is 33.1 Å². The van der Waals surface area contributed by atoms with Crippen molar-refractivity contribution in [3.8, 4) is 0 Å². The zero-order valence-electron chi connectivity index (χ0n) is 16.8. The van der Waals surface area contributed by atoms with Crippen LogP contribution in [-0.2, 0) is 4.79 Å². The predicted octanol–water partition coefficient (Wildman–Crippen LogP) is 2.64. The number of hydrogen-bond donors (Lipinski definition) is 1. The summed E-state index contributed by atoms with van der Waals surface area (Å²) >= 11 is 0. The van der Waals surface area contributed by atoms with Crippen LogP contribution in [0.1, 0.15) is 43.5 Å². The normalized spacial score (nSPS) is 20.5. The van der Waals surface area contributed by atoms with Crippen LogP contribution < -0.4 is 5.32 Å². The van der Waals surface area contributed by atoms with Crippen LogP contribution in [0, 0.1) is 5.92 Å². The number of amides is 4. The molecule has 1 atom stereocenters. The third-order valence-electron chi connectivity index (χ3n) is 5.56. The van der Waals surface area contributed by atoms with Crippen LogP contribution in [0.5, 0.6) is 0 Å². The average Bonchev–Trinajstić information content (AvgIpc) is 2.94. The number of likely N-dealkylation sites (tertiary alicyclic amines) is 1. The first-order valence-corrected chi connectivity index (χ1v) is 10.1. The number of rotatable bonds is 2. The van der Waals surface area contributed by atoms with Crippen molar-refractivity contribution in [1.29, 1.82) is 0 Å². The fourth-order valence-electron chi connectivity index (χ4n) is 3.89. The van der Waals surface area contributed by atoms with Gasteiger partial charge in [-0.25, -0.2) is 4.79 Å². The van der Waals surface area contributed by atoms with Gasteiger partial charge in [-0.3, -0.25) is 9.59 Å². The summed E-state index contributed by atoms with van der Waals surface area (Å²) in [7, 11) is 0. The van der Waals surface area contributed by atoms with Gasteiger partial charge in [0.1, 0.15) is 0 Å². The number of nitrogens with one attached hydrogen (secondary N) is 1. The molecular formula is C21H30N4O3. The summed E-state index contributed by atoms with van der Waals surface area (Å²) in [5.41, 5.74) is 1.32. The van der Waals surface area contributed by atoms with Gasteiger partial charge in [-0.2, -0.15) is 0 Å². The molecule has 0 radical (unpaired) electrons. The molecule has 0 saturated carbocycles. The lowest BCUT2D eigenvalue weighted by molar-refractivity contribution is -0.128. The molecule has 4 amide bonds. The van der Waals surface area contributed by atoms with E-state index in [2.05, 4.69) is 12.2 Å². The minimum Gasteiger partial charge on any atom is -0.341 e. The van der Waals surface area contributed by atoms with E-state index < -0.39 is 0 Å². The highest BCUT2D eigenvalue weighted by molar-refractivity contribution is 5.95. The fraction of sp³-hybridized carbons (Fsp3) is 0.571. The highest BCUT2D eigenvalue weighted by Gasteiger charge is 2.23. The third kappa shape index (κ3) is 5.03. The van der Waals surface area contributed by atoms with E-state index in [0.29, 0.717) is 43.3 Å². The second-order valence-corrected chi connectivity index (χ2v) is 7.85. The molecule has 7 nitrogen and oxygen atoms in total. The van der Waals surface area contributed by atoms with Crippen LogP contribution in [0.4, 0.5) is 10.5 Å². The highest BCUT2D eigenvalue weighted by atomic mass is 16.2. The van der Waals surface area contributed by atoms with Crippen LogP contribution in [0.25, 0.3) is 0 Å². The standard InChI is InChI=1S/C21H30N4O3/c1-16-5-3-10-25(15-16)20(27)18-6-8-19(9-7-18)22-21(28)24-12-4-11-23(13-14-24)17(2)26/h6-9,16H,3-5,10-15H2,1-2H3,(H,22,28). The number of benzene rings is 1. The zero-order valence-corrected chi connectivity index (χ0v) is 16.8. The molecule has 1 aromatic carbocycles. The molecule has 1 aromatic rings. The predicted molar refractivity (Wildman–Crippen MR) is 108 cm³/mol. The smallest absolute Gasteiger partial charge is 0.321 e. The van der Waals surface area contributed by atoms with Crippen molar-refractivity contribution >= 4 is 23.5 Å². The van der Waals surface area contributed by atoms with E-state index in [9.17, 15) is 14.4 Å². The maximum absolute atomic E-state index is 12.6. The number of hydrogen-bond acceptors (Lipinski definition) is 3. The summed E-state index contributed by atoms with van der Waals surface area (Å²) in [5, 5.41) is 2.89. The second kappa shape index (κ2) is 9.08.